The molecule has 7 heteroatoms. The summed E-state index contributed by atoms with van der Waals surface area (Å²) in [5, 5.41) is 9.71. The Morgan fingerprint density at radius 1 is 1.42 bits per heavy atom. The first-order valence-corrected chi connectivity index (χ1v) is 8.22. The number of methoxy groups -OCH3 is 1. The maximum atomic E-state index is 12.2. The molecule has 0 spiro atoms. The third kappa shape index (κ3) is 3.73. The second kappa shape index (κ2) is 7.44. The van der Waals surface area contributed by atoms with Crippen molar-refractivity contribution in [3.8, 4) is 17.4 Å². The Morgan fingerprint density at radius 3 is 2.83 bits per heavy atom. The molecule has 24 heavy (non-hydrogen) atoms. The normalized spacial score (nSPS) is 17.8. The SMILES string of the molecule is COc1n[nH]c(-c2ccc(C(=O)NCC[C@@H]3CCCN3C)cc2)n1. The molecule has 0 radical (unpaired) electrons. The Bertz CT molecular complexity index is 683. The minimum Gasteiger partial charge on any atom is -0.466 e. The number of hydrogen-bond acceptors (Lipinski definition) is 5. The van der Waals surface area contributed by atoms with Crippen LogP contribution in [0.2, 0.25) is 0 Å². The molecule has 1 aliphatic heterocycles. The molecule has 1 aromatic carbocycles. The van der Waals surface area contributed by atoms with Crippen LogP contribution in [-0.2, 0) is 0 Å². The third-order valence-corrected chi connectivity index (χ3v) is 4.50. The molecule has 2 N–H and O–H groups in total. The van der Waals surface area contributed by atoms with E-state index in [0.29, 0.717) is 30.0 Å². The van der Waals surface area contributed by atoms with Crippen LogP contribution >= 0.6 is 0 Å². The number of carbonyl (C=O) groups excluding carboxylic acids is 1. The van der Waals surface area contributed by atoms with Crippen molar-refractivity contribution in [1.29, 1.82) is 0 Å². The van der Waals surface area contributed by atoms with Gasteiger partial charge in [0.05, 0.1) is 7.11 Å². The van der Waals surface area contributed by atoms with Gasteiger partial charge in [-0.15, -0.1) is 5.10 Å². The van der Waals surface area contributed by atoms with Gasteiger partial charge >= 0.3 is 6.01 Å². The molecule has 1 aliphatic rings. The summed E-state index contributed by atoms with van der Waals surface area (Å²) in [6.07, 6.45) is 3.48. The van der Waals surface area contributed by atoms with Gasteiger partial charge in [-0.3, -0.25) is 9.89 Å². The van der Waals surface area contributed by atoms with Crippen LogP contribution in [0.4, 0.5) is 0 Å². The minimum absolute atomic E-state index is 0.0441. The summed E-state index contributed by atoms with van der Waals surface area (Å²) in [6.45, 7) is 1.86. The number of H-pyrrole nitrogens is 1. The highest BCUT2D eigenvalue weighted by Crippen LogP contribution is 2.18. The fraction of sp³-hybridized carbons (Fsp3) is 0.471. The van der Waals surface area contributed by atoms with E-state index >= 15 is 0 Å². The molecular formula is C17H23N5O2. The van der Waals surface area contributed by atoms with Crippen molar-refractivity contribution in [3.05, 3.63) is 29.8 Å². The maximum absolute atomic E-state index is 12.2. The number of aromatic amines is 1. The molecular weight excluding hydrogens is 306 g/mol. The van der Waals surface area contributed by atoms with Gasteiger partial charge in [-0.05, 0) is 45.0 Å². The molecule has 1 aromatic heterocycles. The lowest BCUT2D eigenvalue weighted by molar-refractivity contribution is 0.0950. The zero-order valence-electron chi connectivity index (χ0n) is 14.1. The van der Waals surface area contributed by atoms with Crippen LogP contribution in [0.25, 0.3) is 11.4 Å². The predicted molar refractivity (Wildman–Crippen MR) is 91.0 cm³/mol. The summed E-state index contributed by atoms with van der Waals surface area (Å²) in [5.41, 5.74) is 1.50. The Morgan fingerprint density at radius 2 is 2.21 bits per heavy atom. The van der Waals surface area contributed by atoms with Gasteiger partial charge in [0.1, 0.15) is 0 Å². The number of rotatable bonds is 6. The van der Waals surface area contributed by atoms with Crippen LogP contribution in [0.3, 0.4) is 0 Å². The van der Waals surface area contributed by atoms with Crippen molar-refractivity contribution < 1.29 is 9.53 Å². The van der Waals surface area contributed by atoms with E-state index in [-0.39, 0.29) is 5.91 Å². The van der Waals surface area contributed by atoms with Crippen molar-refractivity contribution in [1.82, 2.24) is 25.4 Å². The highest BCUT2D eigenvalue weighted by Gasteiger charge is 2.20. The number of nitrogens with one attached hydrogen (secondary N) is 2. The number of amides is 1. The molecule has 2 heterocycles. The third-order valence-electron chi connectivity index (χ3n) is 4.50. The van der Waals surface area contributed by atoms with Crippen molar-refractivity contribution >= 4 is 5.91 Å². The molecule has 128 valence electrons. The molecule has 0 aliphatic carbocycles. The predicted octanol–water partition coefficient (Wildman–Crippen LogP) is 1.69. The molecule has 0 unspecified atom stereocenters. The summed E-state index contributed by atoms with van der Waals surface area (Å²) in [4.78, 5) is 18.8. The zero-order chi connectivity index (χ0) is 16.9. The van der Waals surface area contributed by atoms with Crippen LogP contribution < -0.4 is 10.1 Å². The molecule has 0 bridgehead atoms. The Balaban J connectivity index is 1.53. The van der Waals surface area contributed by atoms with Gasteiger partial charge in [-0.2, -0.15) is 4.98 Å². The summed E-state index contributed by atoms with van der Waals surface area (Å²) >= 11 is 0. The second-order valence-electron chi connectivity index (χ2n) is 6.07. The number of likely N-dealkylation sites (tertiary alicyclic amines) is 1. The van der Waals surface area contributed by atoms with Crippen molar-refractivity contribution in [3.63, 3.8) is 0 Å². The monoisotopic (exact) mass is 329 g/mol. The lowest BCUT2D eigenvalue weighted by atomic mass is 10.1. The van der Waals surface area contributed by atoms with Gasteiger partial charge in [-0.1, -0.05) is 12.1 Å². The fourth-order valence-corrected chi connectivity index (χ4v) is 3.04. The van der Waals surface area contributed by atoms with E-state index in [0.717, 1.165) is 18.5 Å². The number of nitrogens with zero attached hydrogens (tertiary/aromatic N) is 3. The first-order valence-electron chi connectivity index (χ1n) is 8.22. The van der Waals surface area contributed by atoms with Gasteiger partial charge < -0.3 is 15.0 Å². The number of aromatic nitrogens is 3. The lowest BCUT2D eigenvalue weighted by Gasteiger charge is -2.19. The highest BCUT2D eigenvalue weighted by atomic mass is 16.5. The Labute approximate surface area is 141 Å². The van der Waals surface area contributed by atoms with Crippen LogP contribution in [-0.4, -0.2) is 59.3 Å². The Kier molecular flexibility index (Phi) is 5.10. The average molecular weight is 329 g/mol. The van der Waals surface area contributed by atoms with Crippen LogP contribution in [0.1, 0.15) is 29.6 Å². The van der Waals surface area contributed by atoms with E-state index in [1.54, 1.807) is 12.1 Å². The summed E-state index contributed by atoms with van der Waals surface area (Å²) < 4.78 is 4.95. The quantitative estimate of drug-likeness (QED) is 0.843. The Hall–Kier alpha value is -2.41. The van der Waals surface area contributed by atoms with E-state index in [1.165, 1.54) is 20.0 Å². The molecule has 1 saturated heterocycles. The van der Waals surface area contributed by atoms with E-state index < -0.39 is 0 Å². The lowest BCUT2D eigenvalue weighted by Crippen LogP contribution is -2.31. The van der Waals surface area contributed by atoms with Gasteiger partial charge in [0.2, 0.25) is 0 Å². The van der Waals surface area contributed by atoms with Crippen molar-refractivity contribution in [2.75, 3.05) is 27.2 Å². The summed E-state index contributed by atoms with van der Waals surface area (Å²) in [6, 6.07) is 8.17. The topological polar surface area (TPSA) is 83.1 Å². The largest absolute Gasteiger partial charge is 0.466 e. The second-order valence-corrected chi connectivity index (χ2v) is 6.07. The highest BCUT2D eigenvalue weighted by molar-refractivity contribution is 5.94. The fourth-order valence-electron chi connectivity index (χ4n) is 3.04. The first kappa shape index (κ1) is 16.4. The smallest absolute Gasteiger partial charge is 0.335 e. The number of carbonyl (C=O) groups is 1. The van der Waals surface area contributed by atoms with Gasteiger partial charge in [0.25, 0.3) is 5.91 Å². The van der Waals surface area contributed by atoms with E-state index in [9.17, 15) is 4.79 Å². The molecule has 2 aromatic rings. The molecule has 1 fully saturated rings. The molecule has 7 nitrogen and oxygen atoms in total. The van der Waals surface area contributed by atoms with Gasteiger partial charge in [-0.25, -0.2) is 0 Å². The zero-order valence-corrected chi connectivity index (χ0v) is 14.1. The van der Waals surface area contributed by atoms with E-state index in [1.807, 2.05) is 12.1 Å². The standard InChI is InChI=1S/C17H23N5O2/c1-22-11-3-4-14(22)9-10-18-16(23)13-7-5-12(6-8-13)15-19-17(24-2)21-20-15/h5-8,14H,3-4,9-11H2,1-2H3,(H,18,23)(H,19,20,21)/t14-/m0/s1. The van der Waals surface area contributed by atoms with Crippen LogP contribution in [0.5, 0.6) is 6.01 Å². The molecule has 3 rings (SSSR count). The van der Waals surface area contributed by atoms with Crippen molar-refractivity contribution in [2.45, 2.75) is 25.3 Å². The van der Waals surface area contributed by atoms with Crippen molar-refractivity contribution in [2.24, 2.45) is 0 Å². The van der Waals surface area contributed by atoms with Gasteiger partial charge in [0.15, 0.2) is 5.82 Å². The maximum Gasteiger partial charge on any atom is 0.335 e. The number of ether oxygens (including phenoxy) is 1. The summed E-state index contributed by atoms with van der Waals surface area (Å²) in [7, 11) is 3.67. The number of hydrogen-bond donors (Lipinski definition) is 2. The van der Waals surface area contributed by atoms with Gasteiger partial charge in [0, 0.05) is 23.7 Å². The summed E-state index contributed by atoms with van der Waals surface area (Å²) in [5.74, 6) is 0.570. The molecule has 0 saturated carbocycles. The number of benzene rings is 1. The molecule has 1 amide bonds. The van der Waals surface area contributed by atoms with Crippen LogP contribution in [0, 0.1) is 0 Å². The molecule has 1 atom stereocenters. The minimum atomic E-state index is -0.0441. The average Bonchev–Trinajstić information content (AvgIpc) is 3.24. The first-order chi connectivity index (χ1) is 11.7. The van der Waals surface area contributed by atoms with E-state index in [2.05, 4.69) is 32.4 Å². The van der Waals surface area contributed by atoms with Crippen LogP contribution in [0.15, 0.2) is 24.3 Å². The van der Waals surface area contributed by atoms with E-state index in [4.69, 9.17) is 4.74 Å².